The Kier molecular flexibility index (Phi) is 6.22. The van der Waals surface area contributed by atoms with Gasteiger partial charge in [-0.3, -0.25) is 0 Å². The third kappa shape index (κ3) is 4.35. The van der Waals surface area contributed by atoms with Crippen LogP contribution >= 0.6 is 0 Å². The van der Waals surface area contributed by atoms with Crippen LogP contribution in [0.25, 0.3) is 0 Å². The third-order valence-electron chi connectivity index (χ3n) is 3.04. The lowest BCUT2D eigenvalue weighted by Gasteiger charge is -2.24. The Bertz CT molecular complexity index is 371. The summed E-state index contributed by atoms with van der Waals surface area (Å²) in [4.78, 5) is 0. The van der Waals surface area contributed by atoms with E-state index in [4.69, 9.17) is 4.74 Å². The Morgan fingerprint density at radius 3 is 2.67 bits per heavy atom. The zero-order chi connectivity index (χ0) is 13.5. The van der Waals surface area contributed by atoms with Gasteiger partial charge < -0.3 is 10.1 Å². The lowest BCUT2D eigenvalue weighted by molar-refractivity contribution is 0.0828. The van der Waals surface area contributed by atoms with Crippen LogP contribution in [0.15, 0.2) is 18.2 Å². The minimum Gasteiger partial charge on any atom is -0.380 e. The molecule has 0 aliphatic rings. The highest BCUT2D eigenvalue weighted by molar-refractivity contribution is 5.20. The molecule has 0 aromatic heterocycles. The number of nitrogens with one attached hydrogen (secondary N) is 1. The molecule has 0 fully saturated rings. The molecule has 102 valence electrons. The van der Waals surface area contributed by atoms with E-state index in [1.165, 1.54) is 12.1 Å². The molecule has 0 saturated carbocycles. The molecule has 0 spiro atoms. The topological polar surface area (TPSA) is 21.3 Å². The van der Waals surface area contributed by atoms with Crippen molar-refractivity contribution in [2.24, 2.45) is 0 Å². The van der Waals surface area contributed by atoms with Gasteiger partial charge in [-0.25, -0.2) is 8.78 Å². The number of ether oxygens (including phenoxy) is 1. The maximum absolute atomic E-state index is 13.6. The number of halogens is 2. The molecule has 1 rings (SSSR count). The Labute approximate surface area is 107 Å². The van der Waals surface area contributed by atoms with Gasteiger partial charge in [-0.15, -0.1) is 0 Å². The van der Waals surface area contributed by atoms with Crippen molar-refractivity contribution in [3.63, 3.8) is 0 Å². The van der Waals surface area contributed by atoms with Crippen LogP contribution in [0.4, 0.5) is 8.78 Å². The number of rotatable bonds is 7. The molecule has 0 radical (unpaired) electrons. The molecule has 18 heavy (non-hydrogen) atoms. The normalized spacial score (nSPS) is 14.5. The maximum atomic E-state index is 13.6. The van der Waals surface area contributed by atoms with E-state index in [0.717, 1.165) is 19.0 Å². The number of benzene rings is 1. The van der Waals surface area contributed by atoms with Crippen molar-refractivity contribution < 1.29 is 13.5 Å². The summed E-state index contributed by atoms with van der Waals surface area (Å²) in [6.07, 6.45) is 1.34. The predicted molar refractivity (Wildman–Crippen MR) is 68.6 cm³/mol. The summed E-state index contributed by atoms with van der Waals surface area (Å²) >= 11 is 0. The van der Waals surface area contributed by atoms with Gasteiger partial charge in [-0.1, -0.05) is 6.92 Å². The quantitative estimate of drug-likeness (QED) is 0.811. The molecule has 0 aliphatic heterocycles. The van der Waals surface area contributed by atoms with Crippen LogP contribution in [0.2, 0.25) is 0 Å². The third-order valence-corrected chi connectivity index (χ3v) is 3.04. The van der Waals surface area contributed by atoms with Gasteiger partial charge in [-0.2, -0.15) is 0 Å². The van der Waals surface area contributed by atoms with Crippen LogP contribution in [-0.4, -0.2) is 25.8 Å². The van der Waals surface area contributed by atoms with E-state index in [-0.39, 0.29) is 18.0 Å². The standard InChI is InChI=1S/C14H21F2NO/c1-4-7-17-14(10(2)18-3)9-11-8-12(15)5-6-13(11)16/h5-6,8,10,14,17H,4,7,9H2,1-3H3. The predicted octanol–water partition coefficient (Wildman–Crippen LogP) is 2.91. The number of hydrogen-bond acceptors (Lipinski definition) is 2. The van der Waals surface area contributed by atoms with Crippen LogP contribution in [0.3, 0.4) is 0 Å². The highest BCUT2D eigenvalue weighted by atomic mass is 19.1. The molecule has 2 nitrogen and oxygen atoms in total. The van der Waals surface area contributed by atoms with Crippen molar-refractivity contribution in [1.29, 1.82) is 0 Å². The highest BCUT2D eigenvalue weighted by Gasteiger charge is 2.18. The van der Waals surface area contributed by atoms with E-state index < -0.39 is 5.82 Å². The van der Waals surface area contributed by atoms with Crippen molar-refractivity contribution in [3.05, 3.63) is 35.4 Å². The zero-order valence-electron chi connectivity index (χ0n) is 11.2. The molecule has 0 aliphatic carbocycles. The first-order chi connectivity index (χ1) is 8.58. The van der Waals surface area contributed by atoms with Crippen molar-refractivity contribution in [2.75, 3.05) is 13.7 Å². The second kappa shape index (κ2) is 7.44. The fraction of sp³-hybridized carbons (Fsp3) is 0.571. The molecule has 2 atom stereocenters. The fourth-order valence-electron chi connectivity index (χ4n) is 1.83. The maximum Gasteiger partial charge on any atom is 0.126 e. The fourth-order valence-corrected chi connectivity index (χ4v) is 1.83. The van der Waals surface area contributed by atoms with Crippen molar-refractivity contribution in [1.82, 2.24) is 5.32 Å². The molecule has 2 unspecified atom stereocenters. The van der Waals surface area contributed by atoms with E-state index in [1.807, 2.05) is 6.92 Å². The number of methoxy groups -OCH3 is 1. The molecular formula is C14H21F2NO. The average molecular weight is 257 g/mol. The summed E-state index contributed by atoms with van der Waals surface area (Å²) in [6, 6.07) is 3.52. The van der Waals surface area contributed by atoms with Gasteiger partial charge in [0.1, 0.15) is 11.6 Å². The van der Waals surface area contributed by atoms with E-state index in [2.05, 4.69) is 12.2 Å². The first-order valence-electron chi connectivity index (χ1n) is 6.28. The van der Waals surface area contributed by atoms with E-state index in [9.17, 15) is 8.78 Å². The summed E-state index contributed by atoms with van der Waals surface area (Å²) in [5, 5.41) is 3.30. The second-order valence-corrected chi connectivity index (χ2v) is 4.44. The highest BCUT2D eigenvalue weighted by Crippen LogP contribution is 2.14. The van der Waals surface area contributed by atoms with Crippen molar-refractivity contribution >= 4 is 0 Å². The lowest BCUT2D eigenvalue weighted by atomic mass is 10.0. The molecular weight excluding hydrogens is 236 g/mol. The van der Waals surface area contributed by atoms with Crippen molar-refractivity contribution in [3.8, 4) is 0 Å². The van der Waals surface area contributed by atoms with Gasteiger partial charge in [0.2, 0.25) is 0 Å². The Balaban J connectivity index is 2.77. The van der Waals surface area contributed by atoms with Gasteiger partial charge >= 0.3 is 0 Å². The Morgan fingerprint density at radius 2 is 2.06 bits per heavy atom. The van der Waals surface area contributed by atoms with Crippen LogP contribution < -0.4 is 5.32 Å². The van der Waals surface area contributed by atoms with Crippen molar-refractivity contribution in [2.45, 2.75) is 38.8 Å². The molecule has 4 heteroatoms. The molecule has 0 heterocycles. The number of hydrogen-bond donors (Lipinski definition) is 1. The van der Waals surface area contributed by atoms with Gasteiger partial charge in [0.05, 0.1) is 6.10 Å². The first-order valence-corrected chi connectivity index (χ1v) is 6.28. The van der Waals surface area contributed by atoms with Crippen LogP contribution in [-0.2, 0) is 11.2 Å². The van der Waals surface area contributed by atoms with Gasteiger partial charge in [0.25, 0.3) is 0 Å². The summed E-state index contributed by atoms with van der Waals surface area (Å²) in [5.41, 5.74) is 0.382. The molecule has 0 saturated heterocycles. The summed E-state index contributed by atoms with van der Waals surface area (Å²) < 4.78 is 32.0. The molecule has 0 amide bonds. The summed E-state index contributed by atoms with van der Waals surface area (Å²) in [7, 11) is 1.62. The summed E-state index contributed by atoms with van der Waals surface area (Å²) in [5.74, 6) is -0.784. The smallest absolute Gasteiger partial charge is 0.126 e. The minimum atomic E-state index is -0.411. The van der Waals surface area contributed by atoms with E-state index in [1.54, 1.807) is 7.11 Å². The molecule has 1 aromatic rings. The SMILES string of the molecule is CCCNC(Cc1cc(F)ccc1F)C(C)OC. The van der Waals surface area contributed by atoms with Crippen LogP contribution in [0, 0.1) is 11.6 Å². The van der Waals surface area contributed by atoms with Gasteiger partial charge in [0, 0.05) is 13.2 Å². The van der Waals surface area contributed by atoms with E-state index in [0.29, 0.717) is 12.0 Å². The molecule has 1 N–H and O–H groups in total. The Hall–Kier alpha value is -1.00. The van der Waals surface area contributed by atoms with E-state index >= 15 is 0 Å². The largest absolute Gasteiger partial charge is 0.380 e. The van der Waals surface area contributed by atoms with Crippen LogP contribution in [0.1, 0.15) is 25.8 Å². The second-order valence-electron chi connectivity index (χ2n) is 4.44. The first kappa shape index (κ1) is 15.1. The zero-order valence-corrected chi connectivity index (χ0v) is 11.2. The molecule has 0 bridgehead atoms. The monoisotopic (exact) mass is 257 g/mol. The summed E-state index contributed by atoms with van der Waals surface area (Å²) in [6.45, 7) is 4.81. The molecule has 1 aromatic carbocycles. The van der Waals surface area contributed by atoms with Gasteiger partial charge in [0.15, 0.2) is 0 Å². The average Bonchev–Trinajstić information content (AvgIpc) is 2.37. The Morgan fingerprint density at radius 1 is 1.33 bits per heavy atom. The lowest BCUT2D eigenvalue weighted by Crippen LogP contribution is -2.41. The van der Waals surface area contributed by atoms with Crippen LogP contribution in [0.5, 0.6) is 0 Å². The minimum absolute atomic E-state index is 0.0220. The van der Waals surface area contributed by atoms with Gasteiger partial charge in [-0.05, 0) is 50.1 Å².